The predicted molar refractivity (Wildman–Crippen MR) is 91.4 cm³/mol. The number of hydrogen-bond acceptors (Lipinski definition) is 3. The molecule has 0 aliphatic heterocycles. The van der Waals surface area contributed by atoms with Crippen molar-refractivity contribution in [2.45, 2.75) is 24.0 Å². The van der Waals surface area contributed by atoms with Crippen LogP contribution in [0.3, 0.4) is 0 Å². The summed E-state index contributed by atoms with van der Waals surface area (Å²) >= 11 is 1.52. The lowest BCUT2D eigenvalue weighted by molar-refractivity contribution is -0.120. The van der Waals surface area contributed by atoms with Crippen LogP contribution in [0.4, 0.5) is 4.39 Å². The van der Waals surface area contributed by atoms with E-state index in [1.54, 1.807) is 12.1 Å². The van der Waals surface area contributed by atoms with E-state index in [-0.39, 0.29) is 17.0 Å². The molecule has 0 spiro atoms. The quantitative estimate of drug-likeness (QED) is 0.618. The van der Waals surface area contributed by atoms with E-state index >= 15 is 0 Å². The predicted octanol–water partition coefficient (Wildman–Crippen LogP) is 3.81. The molecule has 5 heteroatoms. The minimum Gasteiger partial charge on any atom is -0.492 e. The van der Waals surface area contributed by atoms with E-state index in [1.807, 2.05) is 38.1 Å². The Morgan fingerprint density at radius 3 is 2.48 bits per heavy atom. The van der Waals surface area contributed by atoms with Gasteiger partial charge in [0, 0.05) is 4.90 Å². The summed E-state index contributed by atoms with van der Waals surface area (Å²) in [7, 11) is 0. The van der Waals surface area contributed by atoms with Crippen LogP contribution in [0, 0.1) is 12.7 Å². The summed E-state index contributed by atoms with van der Waals surface area (Å²) < 4.78 is 18.2. The highest BCUT2D eigenvalue weighted by Crippen LogP contribution is 2.23. The molecule has 1 unspecified atom stereocenters. The Hall–Kier alpha value is -2.01. The van der Waals surface area contributed by atoms with Crippen LogP contribution in [-0.4, -0.2) is 24.3 Å². The molecule has 0 fully saturated rings. The molecule has 122 valence electrons. The Bertz CT molecular complexity index is 628. The molecule has 2 rings (SSSR count). The number of aryl methyl sites for hydroxylation is 1. The third-order valence-corrected chi connectivity index (χ3v) is 4.30. The molecule has 1 atom stereocenters. The summed E-state index contributed by atoms with van der Waals surface area (Å²) in [5, 5.41) is 2.66. The molecule has 1 amide bonds. The van der Waals surface area contributed by atoms with Crippen molar-refractivity contribution in [2.24, 2.45) is 0 Å². The van der Waals surface area contributed by atoms with Crippen molar-refractivity contribution in [2.75, 3.05) is 13.2 Å². The van der Waals surface area contributed by atoms with Crippen molar-refractivity contribution >= 4 is 17.7 Å². The third kappa shape index (κ3) is 5.94. The minimum atomic E-state index is -0.299. The van der Waals surface area contributed by atoms with Gasteiger partial charge in [-0.15, -0.1) is 11.8 Å². The second-order valence-electron chi connectivity index (χ2n) is 5.17. The van der Waals surface area contributed by atoms with Crippen LogP contribution in [0.2, 0.25) is 0 Å². The first-order valence-electron chi connectivity index (χ1n) is 7.44. The van der Waals surface area contributed by atoms with Crippen LogP contribution < -0.4 is 10.1 Å². The highest BCUT2D eigenvalue weighted by atomic mass is 32.2. The molecule has 0 saturated carbocycles. The van der Waals surface area contributed by atoms with E-state index < -0.39 is 0 Å². The van der Waals surface area contributed by atoms with Crippen molar-refractivity contribution in [3.8, 4) is 5.75 Å². The molecule has 3 nitrogen and oxygen atoms in total. The monoisotopic (exact) mass is 333 g/mol. The van der Waals surface area contributed by atoms with Crippen molar-refractivity contribution in [3.63, 3.8) is 0 Å². The lowest BCUT2D eigenvalue weighted by Crippen LogP contribution is -2.33. The van der Waals surface area contributed by atoms with Crippen LogP contribution in [0.5, 0.6) is 5.75 Å². The van der Waals surface area contributed by atoms with Gasteiger partial charge in [0.15, 0.2) is 0 Å². The summed E-state index contributed by atoms with van der Waals surface area (Å²) in [5.41, 5.74) is 1.20. The summed E-state index contributed by atoms with van der Waals surface area (Å²) in [6.07, 6.45) is 0. The fraction of sp³-hybridized carbons (Fsp3) is 0.278. The smallest absolute Gasteiger partial charge is 0.233 e. The molecule has 0 aliphatic carbocycles. The standard InChI is InChI=1S/C18H20FNO2S/c1-13-3-9-17(10-4-13)23-14(2)18(21)20-11-12-22-16-7-5-15(19)6-8-16/h3-10,14H,11-12H2,1-2H3,(H,20,21). The van der Waals surface area contributed by atoms with Gasteiger partial charge in [0.05, 0.1) is 11.8 Å². The van der Waals surface area contributed by atoms with Crippen molar-refractivity contribution < 1.29 is 13.9 Å². The fourth-order valence-corrected chi connectivity index (χ4v) is 2.78. The van der Waals surface area contributed by atoms with Crippen LogP contribution >= 0.6 is 11.8 Å². The summed E-state index contributed by atoms with van der Waals surface area (Å²) in [5.74, 6) is 0.258. The zero-order valence-electron chi connectivity index (χ0n) is 13.2. The normalized spacial score (nSPS) is 11.8. The maximum atomic E-state index is 12.8. The number of thioether (sulfide) groups is 1. The molecule has 0 radical (unpaired) electrons. The number of amides is 1. The van der Waals surface area contributed by atoms with Gasteiger partial charge in [-0.2, -0.15) is 0 Å². The van der Waals surface area contributed by atoms with Crippen LogP contribution in [0.25, 0.3) is 0 Å². The number of ether oxygens (including phenoxy) is 1. The lowest BCUT2D eigenvalue weighted by Gasteiger charge is -2.12. The number of nitrogens with one attached hydrogen (secondary N) is 1. The molecule has 23 heavy (non-hydrogen) atoms. The van der Waals surface area contributed by atoms with Gasteiger partial charge >= 0.3 is 0 Å². The average molecular weight is 333 g/mol. The number of hydrogen-bond donors (Lipinski definition) is 1. The molecule has 2 aromatic rings. The van der Waals surface area contributed by atoms with E-state index in [4.69, 9.17) is 4.74 Å². The van der Waals surface area contributed by atoms with Gasteiger partial charge in [-0.3, -0.25) is 4.79 Å². The molecule has 0 bridgehead atoms. The molecular weight excluding hydrogens is 313 g/mol. The van der Waals surface area contributed by atoms with Crippen molar-refractivity contribution in [1.82, 2.24) is 5.32 Å². The topological polar surface area (TPSA) is 38.3 Å². The lowest BCUT2D eigenvalue weighted by atomic mass is 10.2. The Balaban J connectivity index is 1.69. The molecule has 0 saturated heterocycles. The molecule has 1 N–H and O–H groups in total. The molecular formula is C18H20FNO2S. The summed E-state index contributed by atoms with van der Waals surface area (Å²) in [4.78, 5) is 13.1. The van der Waals surface area contributed by atoms with Crippen LogP contribution in [0.15, 0.2) is 53.4 Å². The fourth-order valence-electron chi connectivity index (χ4n) is 1.89. The first-order chi connectivity index (χ1) is 11.0. The third-order valence-electron chi connectivity index (χ3n) is 3.19. The molecule has 0 heterocycles. The van der Waals surface area contributed by atoms with Crippen molar-refractivity contribution in [1.29, 1.82) is 0 Å². The van der Waals surface area contributed by atoms with E-state index in [9.17, 15) is 9.18 Å². The first-order valence-corrected chi connectivity index (χ1v) is 8.32. The molecule has 0 aromatic heterocycles. The zero-order chi connectivity index (χ0) is 16.7. The number of benzene rings is 2. The highest BCUT2D eigenvalue weighted by Gasteiger charge is 2.13. The van der Waals surface area contributed by atoms with Gasteiger partial charge < -0.3 is 10.1 Å². The summed E-state index contributed by atoms with van der Waals surface area (Å²) in [6.45, 7) is 4.67. The van der Waals surface area contributed by atoms with Crippen LogP contribution in [0.1, 0.15) is 12.5 Å². The number of carbonyl (C=O) groups is 1. The first kappa shape index (κ1) is 17.3. The van der Waals surface area contributed by atoms with Crippen LogP contribution in [-0.2, 0) is 4.79 Å². The summed E-state index contributed by atoms with van der Waals surface area (Å²) in [6, 6.07) is 13.9. The van der Waals surface area contributed by atoms with E-state index in [1.165, 1.54) is 29.5 Å². The average Bonchev–Trinajstić information content (AvgIpc) is 2.55. The zero-order valence-corrected chi connectivity index (χ0v) is 14.0. The number of halogens is 1. The van der Waals surface area contributed by atoms with Gasteiger partial charge in [0.25, 0.3) is 0 Å². The highest BCUT2D eigenvalue weighted by molar-refractivity contribution is 8.00. The number of rotatable bonds is 7. The van der Waals surface area contributed by atoms with E-state index in [0.717, 1.165) is 4.90 Å². The Morgan fingerprint density at radius 1 is 1.17 bits per heavy atom. The van der Waals surface area contributed by atoms with E-state index in [0.29, 0.717) is 18.9 Å². The van der Waals surface area contributed by atoms with Gasteiger partial charge in [-0.05, 0) is 50.2 Å². The maximum absolute atomic E-state index is 12.8. The van der Waals surface area contributed by atoms with E-state index in [2.05, 4.69) is 5.32 Å². The molecule has 0 aliphatic rings. The Morgan fingerprint density at radius 2 is 1.83 bits per heavy atom. The Labute approximate surface area is 140 Å². The van der Waals surface area contributed by atoms with Gasteiger partial charge in [0.2, 0.25) is 5.91 Å². The van der Waals surface area contributed by atoms with Gasteiger partial charge in [-0.1, -0.05) is 17.7 Å². The second kappa shape index (κ2) is 8.58. The van der Waals surface area contributed by atoms with Crippen molar-refractivity contribution in [3.05, 3.63) is 59.9 Å². The molecule has 2 aromatic carbocycles. The minimum absolute atomic E-state index is 0.0294. The number of carbonyl (C=O) groups excluding carboxylic acids is 1. The van der Waals surface area contributed by atoms with Gasteiger partial charge in [0.1, 0.15) is 18.2 Å². The second-order valence-corrected chi connectivity index (χ2v) is 6.58. The largest absolute Gasteiger partial charge is 0.492 e. The maximum Gasteiger partial charge on any atom is 0.233 e. The Kier molecular flexibility index (Phi) is 6.47. The SMILES string of the molecule is Cc1ccc(SC(C)C(=O)NCCOc2ccc(F)cc2)cc1. The van der Waals surface area contributed by atoms with Gasteiger partial charge in [-0.25, -0.2) is 4.39 Å².